The molecule has 2 aliphatic carbocycles. The number of ether oxygens (including phenoxy) is 2. The van der Waals surface area contributed by atoms with Gasteiger partial charge in [0.15, 0.2) is 0 Å². The van der Waals surface area contributed by atoms with Crippen LogP contribution < -0.4 is 10.1 Å². The van der Waals surface area contributed by atoms with Crippen LogP contribution in [0.5, 0.6) is 11.5 Å². The molecule has 0 heterocycles. The van der Waals surface area contributed by atoms with Gasteiger partial charge in [-0.05, 0) is 76.0 Å². The summed E-state index contributed by atoms with van der Waals surface area (Å²) in [5, 5.41) is 12.6. The van der Waals surface area contributed by atoms with Crippen molar-refractivity contribution in [3.05, 3.63) is 23.8 Å². The van der Waals surface area contributed by atoms with Crippen molar-refractivity contribution < 1.29 is 19.4 Å². The fourth-order valence-corrected chi connectivity index (χ4v) is 2.83. The molecular formula is C19H27NO4. The minimum atomic E-state index is -0.484. The van der Waals surface area contributed by atoms with Gasteiger partial charge in [-0.1, -0.05) is 0 Å². The third-order valence-corrected chi connectivity index (χ3v) is 4.39. The van der Waals surface area contributed by atoms with Gasteiger partial charge in [-0.2, -0.15) is 0 Å². The maximum Gasteiger partial charge on any atom is 0.407 e. The first kappa shape index (κ1) is 16.9. The van der Waals surface area contributed by atoms with Gasteiger partial charge in [0.05, 0.1) is 6.61 Å². The first-order valence-corrected chi connectivity index (χ1v) is 8.74. The highest BCUT2D eigenvalue weighted by molar-refractivity contribution is 5.67. The lowest BCUT2D eigenvalue weighted by Crippen LogP contribution is -2.33. The number of rotatable bonds is 6. The van der Waals surface area contributed by atoms with Gasteiger partial charge in [-0.3, -0.25) is 0 Å². The Bertz CT molecular complexity index is 604. The highest BCUT2D eigenvalue weighted by atomic mass is 16.6. The maximum atomic E-state index is 11.7. The normalized spacial score (nSPS) is 22.8. The van der Waals surface area contributed by atoms with Crippen LogP contribution in [0.25, 0.3) is 0 Å². The smallest absolute Gasteiger partial charge is 0.407 e. The van der Waals surface area contributed by atoms with Crippen LogP contribution in [0, 0.1) is 11.8 Å². The Balaban J connectivity index is 1.54. The molecular weight excluding hydrogens is 306 g/mol. The van der Waals surface area contributed by atoms with E-state index in [4.69, 9.17) is 9.47 Å². The Kier molecular flexibility index (Phi) is 4.61. The van der Waals surface area contributed by atoms with Crippen molar-refractivity contribution in [1.29, 1.82) is 0 Å². The monoisotopic (exact) mass is 333 g/mol. The van der Waals surface area contributed by atoms with E-state index >= 15 is 0 Å². The van der Waals surface area contributed by atoms with Gasteiger partial charge in [0, 0.05) is 12.1 Å². The van der Waals surface area contributed by atoms with Crippen molar-refractivity contribution in [3.63, 3.8) is 0 Å². The van der Waals surface area contributed by atoms with Gasteiger partial charge in [0.2, 0.25) is 0 Å². The van der Waals surface area contributed by atoms with Crippen molar-refractivity contribution in [2.24, 2.45) is 11.8 Å². The molecule has 132 valence electrons. The highest BCUT2D eigenvalue weighted by Crippen LogP contribution is 2.51. The third kappa shape index (κ3) is 4.79. The number of carbonyl (C=O) groups excluding carboxylic acids is 1. The van der Waals surface area contributed by atoms with E-state index in [0.717, 1.165) is 24.3 Å². The summed E-state index contributed by atoms with van der Waals surface area (Å²) in [6, 6.07) is 5.31. The molecule has 2 fully saturated rings. The molecule has 24 heavy (non-hydrogen) atoms. The number of phenols is 1. The van der Waals surface area contributed by atoms with Crippen molar-refractivity contribution in [2.75, 3.05) is 13.2 Å². The number of aromatic hydroxyl groups is 1. The minimum Gasteiger partial charge on any atom is -0.508 e. The SMILES string of the molecule is CC(C)(C)OC(=O)NC[C@@H]1C[C@@H]1c1cc(O)ccc1OCC1CC1. The molecule has 1 aromatic rings. The van der Waals surface area contributed by atoms with Gasteiger partial charge in [-0.25, -0.2) is 4.79 Å². The zero-order valence-electron chi connectivity index (χ0n) is 14.7. The van der Waals surface area contributed by atoms with E-state index in [2.05, 4.69) is 5.32 Å². The molecule has 0 bridgehead atoms. The van der Waals surface area contributed by atoms with Gasteiger partial charge in [0.1, 0.15) is 17.1 Å². The zero-order valence-corrected chi connectivity index (χ0v) is 14.7. The number of phenolic OH excluding ortho intramolecular Hbond substituents is 1. The standard InChI is InChI=1S/C19H27NO4/c1-19(2,3)24-18(22)20-10-13-8-15(13)16-9-14(21)6-7-17(16)23-11-12-4-5-12/h6-7,9,12-13,15,21H,4-5,8,10-11H2,1-3H3,(H,20,22)/t13-,15-/m0/s1. The predicted molar refractivity (Wildman–Crippen MR) is 91.4 cm³/mol. The summed E-state index contributed by atoms with van der Waals surface area (Å²) in [5.74, 6) is 2.50. The summed E-state index contributed by atoms with van der Waals surface area (Å²) in [4.78, 5) is 11.7. The zero-order chi connectivity index (χ0) is 17.3. The summed E-state index contributed by atoms with van der Waals surface area (Å²) in [6.45, 7) is 6.89. The Hall–Kier alpha value is -1.91. The highest BCUT2D eigenvalue weighted by Gasteiger charge is 2.40. The van der Waals surface area contributed by atoms with E-state index in [9.17, 15) is 9.90 Å². The first-order chi connectivity index (χ1) is 11.3. The van der Waals surface area contributed by atoms with Gasteiger partial charge in [0.25, 0.3) is 0 Å². The van der Waals surface area contributed by atoms with Crippen LogP contribution in [-0.2, 0) is 4.74 Å². The Morgan fingerprint density at radius 1 is 1.33 bits per heavy atom. The lowest BCUT2D eigenvalue weighted by atomic mass is 10.1. The molecule has 1 amide bonds. The largest absolute Gasteiger partial charge is 0.508 e. The fraction of sp³-hybridized carbons (Fsp3) is 0.632. The number of hydrogen-bond donors (Lipinski definition) is 2. The van der Waals surface area contributed by atoms with Crippen molar-refractivity contribution in [1.82, 2.24) is 5.32 Å². The lowest BCUT2D eigenvalue weighted by molar-refractivity contribution is 0.0525. The summed E-state index contributed by atoms with van der Waals surface area (Å²) in [6.07, 6.45) is 3.10. The molecule has 5 heteroatoms. The molecule has 3 rings (SSSR count). The summed E-state index contributed by atoms with van der Waals surface area (Å²) in [7, 11) is 0. The molecule has 0 radical (unpaired) electrons. The average molecular weight is 333 g/mol. The third-order valence-electron chi connectivity index (χ3n) is 4.39. The van der Waals surface area contributed by atoms with Crippen LogP contribution in [0.3, 0.4) is 0 Å². The van der Waals surface area contributed by atoms with Crippen molar-refractivity contribution in [2.45, 2.75) is 51.6 Å². The number of carbonyl (C=O) groups is 1. The van der Waals surface area contributed by atoms with Crippen LogP contribution in [0.4, 0.5) is 4.79 Å². The van der Waals surface area contributed by atoms with E-state index in [0.29, 0.717) is 24.3 Å². The average Bonchev–Trinajstić information content (AvgIpc) is 3.36. The maximum absolute atomic E-state index is 11.7. The summed E-state index contributed by atoms with van der Waals surface area (Å²) < 4.78 is 11.2. The fourth-order valence-electron chi connectivity index (χ4n) is 2.83. The molecule has 2 N–H and O–H groups in total. The van der Waals surface area contributed by atoms with E-state index in [-0.39, 0.29) is 11.8 Å². The minimum absolute atomic E-state index is 0.259. The summed E-state index contributed by atoms with van der Waals surface area (Å²) in [5.41, 5.74) is 0.564. The van der Waals surface area contributed by atoms with E-state index in [1.54, 1.807) is 12.1 Å². The second kappa shape index (κ2) is 6.54. The quantitative estimate of drug-likeness (QED) is 0.831. The second-order valence-electron chi connectivity index (χ2n) is 7.96. The van der Waals surface area contributed by atoms with E-state index < -0.39 is 5.60 Å². The molecule has 2 atom stereocenters. The molecule has 0 saturated heterocycles. The number of hydrogen-bond acceptors (Lipinski definition) is 4. The molecule has 2 aliphatic rings. The van der Waals surface area contributed by atoms with Gasteiger partial charge in [-0.15, -0.1) is 0 Å². The number of alkyl carbamates (subject to hydrolysis) is 1. The number of nitrogens with one attached hydrogen (secondary N) is 1. The Morgan fingerprint density at radius 3 is 2.75 bits per heavy atom. The van der Waals surface area contributed by atoms with E-state index in [1.807, 2.05) is 26.8 Å². The number of amides is 1. The van der Waals surface area contributed by atoms with Crippen molar-refractivity contribution in [3.8, 4) is 11.5 Å². The molecule has 2 saturated carbocycles. The van der Waals surface area contributed by atoms with Crippen LogP contribution in [0.15, 0.2) is 18.2 Å². The first-order valence-electron chi connectivity index (χ1n) is 8.74. The van der Waals surface area contributed by atoms with E-state index in [1.165, 1.54) is 12.8 Å². The Morgan fingerprint density at radius 2 is 2.08 bits per heavy atom. The molecule has 0 aromatic heterocycles. The number of benzene rings is 1. The predicted octanol–water partition coefficient (Wildman–Crippen LogP) is 3.81. The van der Waals surface area contributed by atoms with Crippen LogP contribution in [0.1, 0.15) is 51.5 Å². The second-order valence-corrected chi connectivity index (χ2v) is 7.96. The molecule has 1 aromatic carbocycles. The summed E-state index contributed by atoms with van der Waals surface area (Å²) >= 11 is 0. The van der Waals surface area contributed by atoms with Gasteiger partial charge < -0.3 is 19.9 Å². The Labute approximate surface area is 143 Å². The molecule has 0 spiro atoms. The lowest BCUT2D eigenvalue weighted by Gasteiger charge is -2.19. The molecule has 0 unspecified atom stereocenters. The van der Waals surface area contributed by atoms with Gasteiger partial charge >= 0.3 is 6.09 Å². The van der Waals surface area contributed by atoms with Crippen LogP contribution in [0.2, 0.25) is 0 Å². The van der Waals surface area contributed by atoms with Crippen LogP contribution in [-0.4, -0.2) is 30.0 Å². The van der Waals surface area contributed by atoms with Crippen molar-refractivity contribution >= 4 is 6.09 Å². The molecule has 0 aliphatic heterocycles. The molecule has 5 nitrogen and oxygen atoms in total. The van der Waals surface area contributed by atoms with Crippen LogP contribution >= 0.6 is 0 Å². The topological polar surface area (TPSA) is 67.8 Å².